The largest absolute Gasteiger partial charge is 0.456 e. The molecule has 4 heteroatoms. The highest BCUT2D eigenvalue weighted by molar-refractivity contribution is 6.04. The number of anilines is 1. The molecule has 1 aliphatic rings. The van der Waals surface area contributed by atoms with E-state index in [1.165, 1.54) is 0 Å². The van der Waals surface area contributed by atoms with Crippen LogP contribution in [0.15, 0.2) is 46.9 Å². The summed E-state index contributed by atoms with van der Waals surface area (Å²) < 4.78 is 10.9. The van der Waals surface area contributed by atoms with Crippen molar-refractivity contribution in [2.45, 2.75) is 19.4 Å². The lowest BCUT2D eigenvalue weighted by Crippen LogP contribution is -2.40. The Balaban J connectivity index is 1.95. The predicted molar refractivity (Wildman–Crippen MR) is 75.9 cm³/mol. The average molecular weight is 271 g/mol. The smallest absolute Gasteiger partial charge is 0.294 e. The molecule has 3 rings (SSSR count). The van der Waals surface area contributed by atoms with E-state index in [1.807, 2.05) is 43.3 Å². The number of benzene rings is 1. The minimum absolute atomic E-state index is 0.0651. The maximum atomic E-state index is 12.7. The molecule has 0 N–H and O–H groups in total. The van der Waals surface area contributed by atoms with Crippen LogP contribution in [0.1, 0.15) is 22.7 Å². The highest BCUT2D eigenvalue weighted by Gasteiger charge is 2.30. The number of nitrogens with zero attached hydrogens (tertiary/aromatic N) is 1. The van der Waals surface area contributed by atoms with Crippen LogP contribution in [0, 0.1) is 6.92 Å². The summed E-state index contributed by atoms with van der Waals surface area (Å²) in [5, 5.41) is 0. The van der Waals surface area contributed by atoms with Crippen LogP contribution in [0.4, 0.5) is 5.69 Å². The molecule has 2 heterocycles. The van der Waals surface area contributed by atoms with Crippen molar-refractivity contribution in [1.29, 1.82) is 0 Å². The van der Waals surface area contributed by atoms with E-state index in [1.54, 1.807) is 11.0 Å². The summed E-state index contributed by atoms with van der Waals surface area (Å²) in [6.45, 7) is 3.10. The predicted octanol–water partition coefficient (Wildman–Crippen LogP) is 3.02. The molecule has 1 amide bonds. The van der Waals surface area contributed by atoms with E-state index in [9.17, 15) is 4.79 Å². The molecule has 20 heavy (non-hydrogen) atoms. The molecule has 0 radical (unpaired) electrons. The van der Waals surface area contributed by atoms with Crippen LogP contribution in [0.2, 0.25) is 0 Å². The molecule has 1 aromatic carbocycles. The van der Waals surface area contributed by atoms with Gasteiger partial charge in [-0.15, -0.1) is 0 Å². The maximum absolute atomic E-state index is 12.7. The Hall–Kier alpha value is -2.07. The standard InChI is InChI=1S/C16H17NO3/c1-12-7-8-15(20-12)16(18)17(14-9-10-19-11-14)13-5-3-2-4-6-13/h2-8,14H,9-11H2,1H3. The van der Waals surface area contributed by atoms with Gasteiger partial charge in [-0.05, 0) is 37.6 Å². The third kappa shape index (κ3) is 2.47. The highest BCUT2D eigenvalue weighted by atomic mass is 16.5. The quantitative estimate of drug-likeness (QED) is 0.861. The number of para-hydroxylation sites is 1. The van der Waals surface area contributed by atoms with Gasteiger partial charge in [-0.25, -0.2) is 0 Å². The van der Waals surface area contributed by atoms with Gasteiger partial charge in [0.2, 0.25) is 0 Å². The molecule has 4 nitrogen and oxygen atoms in total. The topological polar surface area (TPSA) is 42.7 Å². The van der Waals surface area contributed by atoms with Crippen molar-refractivity contribution in [2.75, 3.05) is 18.1 Å². The van der Waals surface area contributed by atoms with Crippen molar-refractivity contribution in [3.05, 3.63) is 54.0 Å². The lowest BCUT2D eigenvalue weighted by Gasteiger charge is -2.27. The highest BCUT2D eigenvalue weighted by Crippen LogP contribution is 2.24. The number of aryl methyl sites for hydroxylation is 1. The zero-order valence-corrected chi connectivity index (χ0v) is 11.4. The fourth-order valence-electron chi connectivity index (χ4n) is 2.48. The second-order valence-corrected chi connectivity index (χ2v) is 4.94. The molecule has 0 saturated carbocycles. The van der Waals surface area contributed by atoms with Gasteiger partial charge < -0.3 is 14.1 Å². The number of hydrogen-bond acceptors (Lipinski definition) is 3. The molecule has 1 atom stereocenters. The first kappa shape index (κ1) is 12.9. The van der Waals surface area contributed by atoms with Gasteiger partial charge >= 0.3 is 0 Å². The van der Waals surface area contributed by atoms with Gasteiger partial charge in [0, 0.05) is 12.3 Å². The Morgan fingerprint density at radius 1 is 1.20 bits per heavy atom. The SMILES string of the molecule is Cc1ccc(C(=O)N(c2ccccc2)C2CCOC2)o1. The Kier molecular flexibility index (Phi) is 3.56. The summed E-state index contributed by atoms with van der Waals surface area (Å²) >= 11 is 0. The van der Waals surface area contributed by atoms with Gasteiger partial charge in [-0.3, -0.25) is 4.79 Å². The van der Waals surface area contributed by atoms with Crippen LogP contribution in [-0.4, -0.2) is 25.2 Å². The lowest BCUT2D eigenvalue weighted by atomic mass is 10.1. The molecule has 104 valence electrons. The number of hydrogen-bond donors (Lipinski definition) is 0. The molecule has 0 aliphatic carbocycles. The van der Waals surface area contributed by atoms with E-state index in [2.05, 4.69) is 0 Å². The minimum Gasteiger partial charge on any atom is -0.456 e. The van der Waals surface area contributed by atoms with E-state index >= 15 is 0 Å². The fourth-order valence-corrected chi connectivity index (χ4v) is 2.48. The summed E-state index contributed by atoms with van der Waals surface area (Å²) in [6.07, 6.45) is 0.848. The van der Waals surface area contributed by atoms with E-state index in [0.717, 1.165) is 17.9 Å². The van der Waals surface area contributed by atoms with Crippen LogP contribution in [0.25, 0.3) is 0 Å². The number of ether oxygens (including phenoxy) is 1. The number of carbonyl (C=O) groups excluding carboxylic acids is 1. The molecular formula is C16H17NO3. The molecule has 1 aromatic heterocycles. The lowest BCUT2D eigenvalue weighted by molar-refractivity contribution is 0.0943. The zero-order chi connectivity index (χ0) is 13.9. The third-order valence-electron chi connectivity index (χ3n) is 3.48. The van der Waals surface area contributed by atoms with E-state index in [4.69, 9.17) is 9.15 Å². The zero-order valence-electron chi connectivity index (χ0n) is 11.4. The van der Waals surface area contributed by atoms with Crippen LogP contribution in [0.5, 0.6) is 0 Å². The number of amides is 1. The fraction of sp³-hybridized carbons (Fsp3) is 0.312. The summed E-state index contributed by atoms with van der Waals surface area (Å²) in [5.74, 6) is 1.00. The van der Waals surface area contributed by atoms with Gasteiger partial charge in [0.1, 0.15) is 5.76 Å². The van der Waals surface area contributed by atoms with Crippen LogP contribution in [-0.2, 0) is 4.74 Å². The first-order valence-electron chi connectivity index (χ1n) is 6.78. The van der Waals surface area contributed by atoms with E-state index in [0.29, 0.717) is 19.0 Å². The van der Waals surface area contributed by atoms with E-state index < -0.39 is 0 Å². The molecule has 1 fully saturated rings. The summed E-state index contributed by atoms with van der Waals surface area (Å²) in [4.78, 5) is 14.5. The summed E-state index contributed by atoms with van der Waals surface area (Å²) in [6, 6.07) is 13.3. The van der Waals surface area contributed by atoms with Gasteiger partial charge in [0.15, 0.2) is 5.76 Å². The number of furan rings is 1. The van der Waals surface area contributed by atoms with Crippen molar-refractivity contribution >= 4 is 11.6 Å². The van der Waals surface area contributed by atoms with Crippen molar-refractivity contribution in [3.8, 4) is 0 Å². The molecule has 0 spiro atoms. The van der Waals surface area contributed by atoms with Gasteiger partial charge in [-0.2, -0.15) is 0 Å². The molecule has 1 aliphatic heterocycles. The second kappa shape index (κ2) is 5.51. The molecular weight excluding hydrogens is 254 g/mol. The molecule has 1 saturated heterocycles. The monoisotopic (exact) mass is 271 g/mol. The number of carbonyl (C=O) groups is 1. The van der Waals surface area contributed by atoms with Crippen LogP contribution >= 0.6 is 0 Å². The molecule has 2 aromatic rings. The minimum atomic E-state index is -0.111. The first-order chi connectivity index (χ1) is 9.75. The van der Waals surface area contributed by atoms with Crippen LogP contribution in [0.3, 0.4) is 0 Å². The van der Waals surface area contributed by atoms with Crippen molar-refractivity contribution in [2.24, 2.45) is 0 Å². The Morgan fingerprint density at radius 3 is 2.60 bits per heavy atom. The molecule has 1 unspecified atom stereocenters. The maximum Gasteiger partial charge on any atom is 0.294 e. The Bertz CT molecular complexity index is 585. The summed E-state index contributed by atoms with van der Waals surface area (Å²) in [7, 11) is 0. The summed E-state index contributed by atoms with van der Waals surface area (Å²) in [5.41, 5.74) is 0.877. The normalized spacial score (nSPS) is 18.1. The van der Waals surface area contributed by atoms with Gasteiger partial charge in [0.25, 0.3) is 5.91 Å². The Morgan fingerprint density at radius 2 is 2.00 bits per heavy atom. The first-order valence-corrected chi connectivity index (χ1v) is 6.78. The van der Waals surface area contributed by atoms with Gasteiger partial charge in [-0.1, -0.05) is 18.2 Å². The average Bonchev–Trinajstić information content (AvgIpc) is 3.12. The Labute approximate surface area is 118 Å². The number of rotatable bonds is 3. The van der Waals surface area contributed by atoms with Crippen molar-refractivity contribution < 1.29 is 13.9 Å². The van der Waals surface area contributed by atoms with Gasteiger partial charge in [0.05, 0.1) is 12.6 Å². The third-order valence-corrected chi connectivity index (χ3v) is 3.48. The van der Waals surface area contributed by atoms with E-state index in [-0.39, 0.29) is 11.9 Å². The molecule has 0 bridgehead atoms. The van der Waals surface area contributed by atoms with Crippen LogP contribution < -0.4 is 4.90 Å². The second-order valence-electron chi connectivity index (χ2n) is 4.94. The van der Waals surface area contributed by atoms with Crippen molar-refractivity contribution in [1.82, 2.24) is 0 Å². The van der Waals surface area contributed by atoms with Crippen molar-refractivity contribution in [3.63, 3.8) is 0 Å².